The Morgan fingerprint density at radius 1 is 1.37 bits per heavy atom. The van der Waals surface area contributed by atoms with Gasteiger partial charge in [0.1, 0.15) is 17.4 Å². The van der Waals surface area contributed by atoms with Gasteiger partial charge in [-0.25, -0.2) is 9.37 Å². The van der Waals surface area contributed by atoms with Crippen molar-refractivity contribution >= 4 is 0 Å². The number of hydrogen-bond donors (Lipinski definition) is 1. The Balaban J connectivity index is 1.82. The Hall–Kier alpha value is -2.17. The molecule has 0 amide bonds. The monoisotopic (exact) mass is 262 g/mol. The standard InChI is InChI=1S/C14H15FN2O2/c1-10-8-14(18)17-13(16-10)6-3-7-19-12-5-2-4-11(15)9-12/h2,4-5,8-9H,3,6-7H2,1H3,(H,16,17,18). The molecule has 2 aromatic rings. The Kier molecular flexibility index (Phi) is 4.28. The van der Waals surface area contributed by atoms with Crippen molar-refractivity contribution in [1.29, 1.82) is 0 Å². The first-order valence-corrected chi connectivity index (χ1v) is 6.09. The zero-order chi connectivity index (χ0) is 13.7. The Morgan fingerprint density at radius 3 is 2.95 bits per heavy atom. The molecule has 19 heavy (non-hydrogen) atoms. The smallest absolute Gasteiger partial charge is 0.251 e. The van der Waals surface area contributed by atoms with Crippen molar-refractivity contribution < 1.29 is 9.13 Å². The third kappa shape index (κ3) is 4.21. The number of ether oxygens (including phenoxy) is 1. The maximum absolute atomic E-state index is 12.9. The minimum absolute atomic E-state index is 0.145. The van der Waals surface area contributed by atoms with Crippen LogP contribution in [0.3, 0.4) is 0 Å². The molecule has 5 heteroatoms. The van der Waals surface area contributed by atoms with Gasteiger partial charge < -0.3 is 9.72 Å². The normalized spacial score (nSPS) is 10.4. The van der Waals surface area contributed by atoms with E-state index in [2.05, 4.69) is 9.97 Å². The second-order valence-electron chi connectivity index (χ2n) is 4.24. The lowest BCUT2D eigenvalue weighted by Gasteiger charge is -2.06. The number of aromatic nitrogens is 2. The van der Waals surface area contributed by atoms with Gasteiger partial charge in [-0.05, 0) is 25.5 Å². The van der Waals surface area contributed by atoms with E-state index in [1.165, 1.54) is 18.2 Å². The van der Waals surface area contributed by atoms with Crippen molar-refractivity contribution in [3.05, 3.63) is 58.0 Å². The summed E-state index contributed by atoms with van der Waals surface area (Å²) in [5.41, 5.74) is 0.554. The number of nitrogens with one attached hydrogen (secondary N) is 1. The molecule has 0 bridgehead atoms. The number of nitrogens with zero attached hydrogens (tertiary/aromatic N) is 1. The van der Waals surface area contributed by atoms with Crippen LogP contribution in [-0.4, -0.2) is 16.6 Å². The van der Waals surface area contributed by atoms with E-state index < -0.39 is 0 Å². The average Bonchev–Trinajstić information content (AvgIpc) is 2.34. The van der Waals surface area contributed by atoms with Gasteiger partial charge in [0.05, 0.1) is 6.61 Å². The molecule has 1 N–H and O–H groups in total. The van der Waals surface area contributed by atoms with Crippen molar-refractivity contribution in [1.82, 2.24) is 9.97 Å². The number of rotatable bonds is 5. The molecule has 0 saturated carbocycles. The molecule has 1 aromatic heterocycles. The van der Waals surface area contributed by atoms with Crippen LogP contribution in [0.4, 0.5) is 4.39 Å². The van der Waals surface area contributed by atoms with Gasteiger partial charge >= 0.3 is 0 Å². The van der Waals surface area contributed by atoms with Crippen molar-refractivity contribution in [2.24, 2.45) is 0 Å². The maximum atomic E-state index is 12.9. The van der Waals surface area contributed by atoms with E-state index in [0.717, 1.165) is 0 Å². The summed E-state index contributed by atoms with van der Waals surface area (Å²) in [5.74, 6) is 0.834. The number of aromatic amines is 1. The SMILES string of the molecule is Cc1cc(=O)[nH]c(CCCOc2cccc(F)c2)n1. The minimum Gasteiger partial charge on any atom is -0.493 e. The highest BCUT2D eigenvalue weighted by Gasteiger charge is 2.00. The van der Waals surface area contributed by atoms with Crippen LogP contribution < -0.4 is 10.3 Å². The molecular weight excluding hydrogens is 247 g/mol. The summed E-state index contributed by atoms with van der Waals surface area (Å²) < 4.78 is 18.3. The average molecular weight is 262 g/mol. The van der Waals surface area contributed by atoms with Gasteiger partial charge in [-0.3, -0.25) is 4.79 Å². The Labute approximate surface area is 110 Å². The van der Waals surface area contributed by atoms with E-state index in [0.29, 0.717) is 36.7 Å². The highest BCUT2D eigenvalue weighted by atomic mass is 19.1. The third-order valence-corrected chi connectivity index (χ3v) is 2.54. The number of halogens is 1. The lowest BCUT2D eigenvalue weighted by atomic mass is 10.3. The summed E-state index contributed by atoms with van der Waals surface area (Å²) >= 11 is 0. The van der Waals surface area contributed by atoms with Gasteiger partial charge in [0, 0.05) is 24.2 Å². The van der Waals surface area contributed by atoms with Gasteiger partial charge in [0.15, 0.2) is 0 Å². The molecule has 100 valence electrons. The second-order valence-corrected chi connectivity index (χ2v) is 4.24. The second kappa shape index (κ2) is 6.13. The van der Waals surface area contributed by atoms with Gasteiger partial charge in [-0.15, -0.1) is 0 Å². The summed E-state index contributed by atoms with van der Waals surface area (Å²) in [6, 6.07) is 7.47. The summed E-state index contributed by atoms with van der Waals surface area (Å²) in [6.45, 7) is 2.23. The van der Waals surface area contributed by atoms with E-state index in [1.807, 2.05) is 0 Å². The van der Waals surface area contributed by atoms with Crippen LogP contribution in [0.5, 0.6) is 5.75 Å². The lowest BCUT2D eigenvalue weighted by Crippen LogP contribution is -2.12. The zero-order valence-corrected chi connectivity index (χ0v) is 10.6. The van der Waals surface area contributed by atoms with Crippen LogP contribution >= 0.6 is 0 Å². The molecule has 0 atom stereocenters. The van der Waals surface area contributed by atoms with Gasteiger partial charge in [-0.2, -0.15) is 0 Å². The van der Waals surface area contributed by atoms with Crippen molar-refractivity contribution in [2.75, 3.05) is 6.61 Å². The molecule has 0 unspecified atom stereocenters. The summed E-state index contributed by atoms with van der Waals surface area (Å²) in [7, 11) is 0. The van der Waals surface area contributed by atoms with Crippen LogP contribution in [0.25, 0.3) is 0 Å². The third-order valence-electron chi connectivity index (χ3n) is 2.54. The van der Waals surface area contributed by atoms with Crippen LogP contribution in [0, 0.1) is 12.7 Å². The van der Waals surface area contributed by atoms with Crippen LogP contribution in [0.15, 0.2) is 35.1 Å². The fourth-order valence-electron chi connectivity index (χ4n) is 1.75. The first kappa shape index (κ1) is 13.3. The van der Waals surface area contributed by atoms with Crippen LogP contribution in [0.1, 0.15) is 17.9 Å². The molecule has 0 aliphatic rings. The topological polar surface area (TPSA) is 55.0 Å². The molecular formula is C14H15FN2O2. The van der Waals surface area contributed by atoms with E-state index in [1.54, 1.807) is 19.1 Å². The van der Waals surface area contributed by atoms with Gasteiger partial charge in [-0.1, -0.05) is 6.07 Å². The predicted octanol–water partition coefficient (Wildman–Crippen LogP) is 2.23. The number of hydrogen-bond acceptors (Lipinski definition) is 3. The highest BCUT2D eigenvalue weighted by molar-refractivity contribution is 5.22. The fraction of sp³-hybridized carbons (Fsp3) is 0.286. The summed E-state index contributed by atoms with van der Waals surface area (Å²) in [5, 5.41) is 0. The minimum atomic E-state index is -0.317. The molecule has 1 heterocycles. The number of aryl methyl sites for hydroxylation is 2. The molecule has 0 aliphatic heterocycles. The number of benzene rings is 1. The molecule has 0 saturated heterocycles. The van der Waals surface area contributed by atoms with Gasteiger partial charge in [0.2, 0.25) is 0 Å². The Bertz CT molecular complexity index is 610. The first-order valence-electron chi connectivity index (χ1n) is 6.09. The van der Waals surface area contributed by atoms with E-state index in [4.69, 9.17) is 4.74 Å². The molecule has 4 nitrogen and oxygen atoms in total. The molecule has 0 fully saturated rings. The molecule has 1 aromatic carbocycles. The van der Waals surface area contributed by atoms with E-state index in [-0.39, 0.29) is 11.4 Å². The number of H-pyrrole nitrogens is 1. The molecule has 2 rings (SSSR count). The van der Waals surface area contributed by atoms with Gasteiger partial charge in [0.25, 0.3) is 5.56 Å². The van der Waals surface area contributed by atoms with Crippen molar-refractivity contribution in [2.45, 2.75) is 19.8 Å². The van der Waals surface area contributed by atoms with Crippen LogP contribution in [0.2, 0.25) is 0 Å². The quantitative estimate of drug-likeness (QED) is 0.841. The molecule has 0 radical (unpaired) electrons. The fourth-order valence-corrected chi connectivity index (χ4v) is 1.75. The summed E-state index contributed by atoms with van der Waals surface area (Å²) in [4.78, 5) is 18.1. The highest BCUT2D eigenvalue weighted by Crippen LogP contribution is 2.12. The largest absolute Gasteiger partial charge is 0.493 e. The van der Waals surface area contributed by atoms with E-state index >= 15 is 0 Å². The van der Waals surface area contributed by atoms with E-state index in [9.17, 15) is 9.18 Å². The Morgan fingerprint density at radius 2 is 2.21 bits per heavy atom. The first-order chi connectivity index (χ1) is 9.13. The van der Waals surface area contributed by atoms with Crippen molar-refractivity contribution in [3.63, 3.8) is 0 Å². The van der Waals surface area contributed by atoms with Crippen LogP contribution in [-0.2, 0) is 6.42 Å². The summed E-state index contributed by atoms with van der Waals surface area (Å²) in [6.07, 6.45) is 1.31. The van der Waals surface area contributed by atoms with Crippen molar-refractivity contribution in [3.8, 4) is 5.75 Å². The molecule has 0 aliphatic carbocycles. The maximum Gasteiger partial charge on any atom is 0.251 e. The molecule has 0 spiro atoms. The predicted molar refractivity (Wildman–Crippen MR) is 69.8 cm³/mol. The zero-order valence-electron chi connectivity index (χ0n) is 10.6. The lowest BCUT2D eigenvalue weighted by molar-refractivity contribution is 0.308.